The van der Waals surface area contributed by atoms with E-state index in [9.17, 15) is 13.2 Å². The molecule has 0 atom stereocenters. The van der Waals surface area contributed by atoms with Gasteiger partial charge in [0.25, 0.3) is 5.91 Å². The monoisotopic (exact) mass is 438 g/mol. The molecular weight excluding hydrogens is 412 g/mol. The highest BCUT2D eigenvalue weighted by Crippen LogP contribution is 2.27. The van der Waals surface area contributed by atoms with Crippen molar-refractivity contribution >= 4 is 27.3 Å². The van der Waals surface area contributed by atoms with Crippen LogP contribution in [0, 0.1) is 0 Å². The number of rotatable bonds is 8. The fraction of sp³-hybridized carbons (Fsp3) is 0.208. The second-order valence-electron chi connectivity index (χ2n) is 7.42. The van der Waals surface area contributed by atoms with Crippen LogP contribution in [0.5, 0.6) is 5.75 Å². The molecule has 0 radical (unpaired) electrons. The summed E-state index contributed by atoms with van der Waals surface area (Å²) < 4.78 is 32.1. The second-order valence-corrected chi connectivity index (χ2v) is 9.33. The van der Waals surface area contributed by atoms with Crippen molar-refractivity contribution in [2.75, 3.05) is 15.9 Å². The van der Waals surface area contributed by atoms with E-state index < -0.39 is 15.9 Å². The number of amides is 1. The summed E-state index contributed by atoms with van der Waals surface area (Å²) in [5.41, 5.74) is 1.97. The van der Waals surface area contributed by atoms with Crippen molar-refractivity contribution in [3.05, 3.63) is 90.0 Å². The summed E-state index contributed by atoms with van der Waals surface area (Å²) >= 11 is 0. The van der Waals surface area contributed by atoms with E-state index in [0.717, 1.165) is 11.8 Å². The maximum atomic E-state index is 13.1. The minimum atomic E-state index is -3.63. The normalized spacial score (nSPS) is 11.2. The number of sulfonamides is 1. The lowest BCUT2D eigenvalue weighted by Gasteiger charge is -2.25. The van der Waals surface area contributed by atoms with E-state index in [1.165, 1.54) is 4.31 Å². The molecule has 0 heterocycles. The summed E-state index contributed by atoms with van der Waals surface area (Å²) in [6.07, 6.45) is 1.14. The Balaban J connectivity index is 1.92. The first-order valence-electron chi connectivity index (χ1n) is 9.93. The van der Waals surface area contributed by atoms with Gasteiger partial charge in [0.05, 0.1) is 30.2 Å². The van der Waals surface area contributed by atoms with Crippen LogP contribution in [0.25, 0.3) is 0 Å². The molecule has 0 aromatic heterocycles. The zero-order chi connectivity index (χ0) is 22.4. The first kappa shape index (κ1) is 22.4. The lowest BCUT2D eigenvalue weighted by Crippen LogP contribution is -2.31. The van der Waals surface area contributed by atoms with Crippen LogP contribution in [0.2, 0.25) is 0 Å². The first-order chi connectivity index (χ1) is 14.7. The van der Waals surface area contributed by atoms with Crippen LogP contribution in [0.4, 0.5) is 11.4 Å². The Morgan fingerprint density at radius 3 is 2.32 bits per heavy atom. The van der Waals surface area contributed by atoms with E-state index in [-0.39, 0.29) is 18.2 Å². The Morgan fingerprint density at radius 2 is 1.65 bits per heavy atom. The molecule has 1 amide bonds. The van der Waals surface area contributed by atoms with Crippen molar-refractivity contribution in [1.29, 1.82) is 0 Å². The van der Waals surface area contributed by atoms with Crippen LogP contribution in [-0.2, 0) is 16.6 Å². The van der Waals surface area contributed by atoms with Crippen LogP contribution in [0.15, 0.2) is 78.9 Å². The molecule has 0 aliphatic carbocycles. The van der Waals surface area contributed by atoms with Crippen LogP contribution in [0.3, 0.4) is 0 Å². The molecule has 0 saturated heterocycles. The van der Waals surface area contributed by atoms with Gasteiger partial charge in [-0.25, -0.2) is 8.42 Å². The smallest absolute Gasteiger partial charge is 0.257 e. The SMILES string of the molecule is CC(C)Oc1cccc(NC(=O)c2ccccc2N(Cc2ccccc2)S(C)(=O)=O)c1. The van der Waals surface area contributed by atoms with Gasteiger partial charge in [0.1, 0.15) is 5.75 Å². The summed E-state index contributed by atoms with van der Waals surface area (Å²) in [6, 6.07) is 23.0. The molecule has 0 fully saturated rings. The Labute approximate surface area is 183 Å². The summed E-state index contributed by atoms with van der Waals surface area (Å²) in [6.45, 7) is 3.98. The fourth-order valence-electron chi connectivity index (χ4n) is 3.13. The minimum Gasteiger partial charge on any atom is -0.491 e. The van der Waals surface area contributed by atoms with E-state index in [0.29, 0.717) is 17.1 Å². The van der Waals surface area contributed by atoms with Gasteiger partial charge in [-0.3, -0.25) is 9.10 Å². The Bertz CT molecular complexity index is 1150. The van der Waals surface area contributed by atoms with Gasteiger partial charge in [0.15, 0.2) is 0 Å². The highest BCUT2D eigenvalue weighted by atomic mass is 32.2. The van der Waals surface area contributed by atoms with Crippen molar-refractivity contribution < 1.29 is 17.9 Å². The van der Waals surface area contributed by atoms with Gasteiger partial charge >= 0.3 is 0 Å². The molecule has 7 heteroatoms. The number of hydrogen-bond donors (Lipinski definition) is 1. The van der Waals surface area contributed by atoms with E-state index >= 15 is 0 Å². The highest BCUT2D eigenvalue weighted by molar-refractivity contribution is 7.92. The number of carbonyl (C=O) groups excluding carboxylic acids is 1. The molecule has 0 spiro atoms. The zero-order valence-electron chi connectivity index (χ0n) is 17.8. The molecular formula is C24H26N2O4S. The molecule has 31 heavy (non-hydrogen) atoms. The Hall–Kier alpha value is -3.32. The molecule has 3 rings (SSSR count). The highest BCUT2D eigenvalue weighted by Gasteiger charge is 2.23. The van der Waals surface area contributed by atoms with Crippen LogP contribution >= 0.6 is 0 Å². The lowest BCUT2D eigenvalue weighted by atomic mass is 10.1. The number of hydrogen-bond acceptors (Lipinski definition) is 4. The third-order valence-electron chi connectivity index (χ3n) is 4.45. The van der Waals surface area contributed by atoms with Crippen molar-refractivity contribution in [1.82, 2.24) is 0 Å². The third-order valence-corrected chi connectivity index (χ3v) is 5.58. The topological polar surface area (TPSA) is 75.7 Å². The van der Waals surface area contributed by atoms with Gasteiger partial charge in [-0.2, -0.15) is 0 Å². The minimum absolute atomic E-state index is 0.00739. The summed E-state index contributed by atoms with van der Waals surface area (Å²) in [4.78, 5) is 13.1. The van der Waals surface area contributed by atoms with E-state index in [1.54, 1.807) is 42.5 Å². The quantitative estimate of drug-likeness (QED) is 0.553. The van der Waals surface area contributed by atoms with E-state index in [4.69, 9.17) is 4.74 Å². The predicted molar refractivity (Wildman–Crippen MR) is 124 cm³/mol. The number of nitrogens with one attached hydrogen (secondary N) is 1. The fourth-order valence-corrected chi connectivity index (χ4v) is 4.03. The average Bonchev–Trinajstić information content (AvgIpc) is 2.72. The molecule has 162 valence electrons. The maximum absolute atomic E-state index is 13.1. The van der Waals surface area contributed by atoms with Crippen LogP contribution < -0.4 is 14.4 Å². The zero-order valence-corrected chi connectivity index (χ0v) is 18.6. The predicted octanol–water partition coefficient (Wildman–Crippen LogP) is 4.69. The molecule has 0 saturated carbocycles. The molecule has 0 bridgehead atoms. The number of ether oxygens (including phenoxy) is 1. The average molecular weight is 439 g/mol. The molecule has 1 N–H and O–H groups in total. The first-order valence-corrected chi connectivity index (χ1v) is 11.8. The Kier molecular flexibility index (Phi) is 6.97. The molecule has 6 nitrogen and oxygen atoms in total. The maximum Gasteiger partial charge on any atom is 0.257 e. The van der Waals surface area contributed by atoms with Crippen LogP contribution in [-0.4, -0.2) is 26.7 Å². The molecule has 0 aliphatic heterocycles. The third kappa shape index (κ3) is 6.08. The van der Waals surface area contributed by atoms with Crippen molar-refractivity contribution in [3.8, 4) is 5.75 Å². The summed E-state index contributed by atoms with van der Waals surface area (Å²) in [7, 11) is -3.63. The molecule has 3 aromatic carbocycles. The largest absolute Gasteiger partial charge is 0.491 e. The van der Waals surface area contributed by atoms with E-state index in [2.05, 4.69) is 5.32 Å². The van der Waals surface area contributed by atoms with E-state index in [1.807, 2.05) is 50.2 Å². The second kappa shape index (κ2) is 9.66. The number of para-hydroxylation sites is 1. The van der Waals surface area contributed by atoms with Gasteiger partial charge in [-0.1, -0.05) is 48.5 Å². The van der Waals surface area contributed by atoms with Crippen molar-refractivity contribution in [2.45, 2.75) is 26.5 Å². The number of nitrogens with zero attached hydrogens (tertiary/aromatic N) is 1. The van der Waals surface area contributed by atoms with Crippen LogP contribution in [0.1, 0.15) is 29.8 Å². The summed E-state index contributed by atoms with van der Waals surface area (Å²) in [5, 5.41) is 2.84. The number of benzene rings is 3. The van der Waals surface area contributed by atoms with Crippen molar-refractivity contribution in [3.63, 3.8) is 0 Å². The lowest BCUT2D eigenvalue weighted by molar-refractivity contribution is 0.102. The summed E-state index contributed by atoms with van der Waals surface area (Å²) in [5.74, 6) is 0.238. The standard InChI is InChI=1S/C24H26N2O4S/c1-18(2)30-21-13-9-12-20(16-21)25-24(27)22-14-7-8-15-23(22)26(31(3,28)29)17-19-10-5-4-6-11-19/h4-16,18H,17H2,1-3H3,(H,25,27). The number of carbonyl (C=O) groups is 1. The Morgan fingerprint density at radius 1 is 0.968 bits per heavy atom. The van der Waals surface area contributed by atoms with Gasteiger partial charge in [-0.15, -0.1) is 0 Å². The van der Waals surface area contributed by atoms with Crippen molar-refractivity contribution in [2.24, 2.45) is 0 Å². The molecule has 3 aromatic rings. The van der Waals surface area contributed by atoms with Gasteiger partial charge in [0.2, 0.25) is 10.0 Å². The van der Waals surface area contributed by atoms with Gasteiger partial charge in [-0.05, 0) is 43.7 Å². The van der Waals surface area contributed by atoms with Gasteiger partial charge < -0.3 is 10.1 Å². The molecule has 0 aliphatic rings. The van der Waals surface area contributed by atoms with Gasteiger partial charge in [0, 0.05) is 11.8 Å². The number of anilines is 2. The molecule has 0 unspecified atom stereocenters.